The smallest absolute Gasteiger partial charge is 0.124 e. The molecule has 0 amide bonds. The maximum absolute atomic E-state index is 9.57. The quantitative estimate of drug-likeness (QED) is 0.733. The molecule has 15 heavy (non-hydrogen) atoms. The Kier molecular flexibility index (Phi) is 3.23. The minimum Gasteiger partial charge on any atom is -0.490 e. The Morgan fingerprint density at radius 3 is 3.07 bits per heavy atom. The van der Waals surface area contributed by atoms with Crippen LogP contribution in [0.2, 0.25) is 0 Å². The van der Waals surface area contributed by atoms with Gasteiger partial charge in [0.2, 0.25) is 0 Å². The van der Waals surface area contributed by atoms with Gasteiger partial charge in [-0.05, 0) is 12.5 Å². The fourth-order valence-electron chi connectivity index (χ4n) is 1.90. The van der Waals surface area contributed by atoms with Crippen molar-refractivity contribution in [3.63, 3.8) is 0 Å². The molecule has 0 saturated carbocycles. The highest BCUT2D eigenvalue weighted by molar-refractivity contribution is 5.36. The Morgan fingerprint density at radius 1 is 1.47 bits per heavy atom. The SMILES string of the molecule is CCC1NCC(O)COc2ccccc21. The van der Waals surface area contributed by atoms with Gasteiger partial charge in [-0.2, -0.15) is 0 Å². The molecule has 0 radical (unpaired) electrons. The van der Waals surface area contributed by atoms with E-state index in [2.05, 4.69) is 18.3 Å². The lowest BCUT2D eigenvalue weighted by atomic mass is 10.0. The van der Waals surface area contributed by atoms with E-state index in [1.807, 2.05) is 18.2 Å². The van der Waals surface area contributed by atoms with Crippen LogP contribution in [0.3, 0.4) is 0 Å². The van der Waals surface area contributed by atoms with Crippen molar-refractivity contribution in [2.45, 2.75) is 25.5 Å². The van der Waals surface area contributed by atoms with Crippen LogP contribution < -0.4 is 10.1 Å². The molecule has 0 saturated heterocycles. The van der Waals surface area contributed by atoms with Gasteiger partial charge in [0.25, 0.3) is 0 Å². The summed E-state index contributed by atoms with van der Waals surface area (Å²) in [5, 5.41) is 12.9. The summed E-state index contributed by atoms with van der Waals surface area (Å²) in [5.41, 5.74) is 1.19. The van der Waals surface area contributed by atoms with Crippen LogP contribution in [-0.4, -0.2) is 24.4 Å². The van der Waals surface area contributed by atoms with Gasteiger partial charge >= 0.3 is 0 Å². The molecule has 2 rings (SSSR count). The predicted octanol–water partition coefficient (Wildman–Crippen LogP) is 1.48. The molecule has 2 atom stereocenters. The van der Waals surface area contributed by atoms with E-state index in [1.165, 1.54) is 5.56 Å². The summed E-state index contributed by atoms with van der Waals surface area (Å²) in [6.45, 7) is 3.08. The van der Waals surface area contributed by atoms with Gasteiger partial charge in [0.1, 0.15) is 18.5 Å². The van der Waals surface area contributed by atoms with Gasteiger partial charge in [-0.3, -0.25) is 0 Å². The fourth-order valence-corrected chi connectivity index (χ4v) is 1.90. The number of ether oxygens (including phenoxy) is 1. The molecule has 0 spiro atoms. The van der Waals surface area contributed by atoms with E-state index in [0.717, 1.165) is 12.2 Å². The normalized spacial score (nSPS) is 26.0. The maximum Gasteiger partial charge on any atom is 0.124 e. The van der Waals surface area contributed by atoms with Crippen LogP contribution in [-0.2, 0) is 0 Å². The summed E-state index contributed by atoms with van der Waals surface area (Å²) in [7, 11) is 0. The minimum atomic E-state index is -0.424. The van der Waals surface area contributed by atoms with E-state index in [4.69, 9.17) is 4.74 Å². The van der Waals surface area contributed by atoms with Crippen molar-refractivity contribution < 1.29 is 9.84 Å². The lowest BCUT2D eigenvalue weighted by Crippen LogP contribution is -2.36. The molecular formula is C12H17NO2. The van der Waals surface area contributed by atoms with Crippen LogP contribution in [0.5, 0.6) is 5.75 Å². The van der Waals surface area contributed by atoms with Gasteiger partial charge in [0, 0.05) is 18.2 Å². The van der Waals surface area contributed by atoms with Crippen molar-refractivity contribution in [3.8, 4) is 5.75 Å². The first-order chi connectivity index (χ1) is 7.31. The minimum absolute atomic E-state index is 0.274. The lowest BCUT2D eigenvalue weighted by molar-refractivity contribution is 0.0961. The Hall–Kier alpha value is -1.06. The Labute approximate surface area is 90.1 Å². The van der Waals surface area contributed by atoms with E-state index in [-0.39, 0.29) is 6.04 Å². The Balaban J connectivity index is 2.29. The van der Waals surface area contributed by atoms with Crippen LogP contribution >= 0.6 is 0 Å². The number of fused-ring (bicyclic) bond motifs is 1. The lowest BCUT2D eigenvalue weighted by Gasteiger charge is -2.26. The van der Waals surface area contributed by atoms with Crippen molar-refractivity contribution in [3.05, 3.63) is 29.8 Å². The molecule has 82 valence electrons. The number of para-hydroxylation sites is 1. The van der Waals surface area contributed by atoms with Gasteiger partial charge in [-0.15, -0.1) is 0 Å². The molecule has 3 heteroatoms. The van der Waals surface area contributed by atoms with Crippen molar-refractivity contribution >= 4 is 0 Å². The average Bonchev–Trinajstić information content (AvgIpc) is 2.26. The number of aliphatic hydroxyl groups is 1. The van der Waals surface area contributed by atoms with Crippen LogP contribution in [0, 0.1) is 0 Å². The molecule has 0 aromatic heterocycles. The summed E-state index contributed by atoms with van der Waals surface area (Å²) < 4.78 is 5.58. The third kappa shape index (κ3) is 2.30. The molecule has 3 nitrogen and oxygen atoms in total. The molecule has 2 N–H and O–H groups in total. The summed E-state index contributed by atoms with van der Waals surface area (Å²) in [6.07, 6.45) is 0.569. The van der Waals surface area contributed by atoms with E-state index in [0.29, 0.717) is 13.2 Å². The third-order valence-corrected chi connectivity index (χ3v) is 2.73. The highest BCUT2D eigenvalue weighted by atomic mass is 16.5. The Bertz CT molecular complexity index is 327. The van der Waals surface area contributed by atoms with E-state index < -0.39 is 6.10 Å². The summed E-state index contributed by atoms with van der Waals surface area (Å²) in [4.78, 5) is 0. The van der Waals surface area contributed by atoms with Crippen molar-refractivity contribution in [1.82, 2.24) is 5.32 Å². The first kappa shape index (κ1) is 10.5. The van der Waals surface area contributed by atoms with Gasteiger partial charge in [-0.25, -0.2) is 0 Å². The van der Waals surface area contributed by atoms with Gasteiger partial charge in [0.05, 0.1) is 0 Å². The first-order valence-electron chi connectivity index (χ1n) is 5.44. The monoisotopic (exact) mass is 207 g/mol. The largest absolute Gasteiger partial charge is 0.490 e. The summed E-state index contributed by atoms with van der Waals surface area (Å²) in [5.74, 6) is 0.885. The number of nitrogens with one attached hydrogen (secondary N) is 1. The topological polar surface area (TPSA) is 41.5 Å². The maximum atomic E-state index is 9.57. The zero-order chi connectivity index (χ0) is 10.7. The summed E-state index contributed by atoms with van der Waals surface area (Å²) in [6, 6.07) is 8.28. The molecule has 1 aromatic carbocycles. The molecule has 0 fully saturated rings. The van der Waals surface area contributed by atoms with E-state index in [9.17, 15) is 5.11 Å². The van der Waals surface area contributed by atoms with E-state index in [1.54, 1.807) is 0 Å². The second-order valence-corrected chi connectivity index (χ2v) is 3.87. The highest BCUT2D eigenvalue weighted by Gasteiger charge is 2.19. The van der Waals surface area contributed by atoms with Gasteiger partial charge < -0.3 is 15.2 Å². The second kappa shape index (κ2) is 4.64. The number of hydrogen-bond donors (Lipinski definition) is 2. The number of benzene rings is 1. The zero-order valence-corrected chi connectivity index (χ0v) is 8.94. The van der Waals surface area contributed by atoms with Gasteiger partial charge in [0.15, 0.2) is 0 Å². The number of aliphatic hydroxyl groups excluding tert-OH is 1. The molecule has 1 heterocycles. The van der Waals surface area contributed by atoms with Crippen molar-refractivity contribution in [2.75, 3.05) is 13.2 Å². The van der Waals surface area contributed by atoms with E-state index >= 15 is 0 Å². The zero-order valence-electron chi connectivity index (χ0n) is 8.94. The third-order valence-electron chi connectivity index (χ3n) is 2.73. The molecule has 2 unspecified atom stereocenters. The highest BCUT2D eigenvalue weighted by Crippen LogP contribution is 2.28. The van der Waals surface area contributed by atoms with Crippen LogP contribution in [0.1, 0.15) is 24.9 Å². The van der Waals surface area contributed by atoms with Crippen LogP contribution in [0.4, 0.5) is 0 Å². The van der Waals surface area contributed by atoms with Crippen molar-refractivity contribution in [2.24, 2.45) is 0 Å². The molecular weight excluding hydrogens is 190 g/mol. The molecule has 1 aliphatic rings. The fraction of sp³-hybridized carbons (Fsp3) is 0.500. The standard InChI is InChI=1S/C12H17NO2/c1-2-11-10-5-3-4-6-12(10)15-8-9(14)7-13-11/h3-6,9,11,13-14H,2,7-8H2,1H3. The molecule has 0 bridgehead atoms. The summed E-state index contributed by atoms with van der Waals surface area (Å²) >= 11 is 0. The number of rotatable bonds is 1. The average molecular weight is 207 g/mol. The molecule has 1 aromatic rings. The van der Waals surface area contributed by atoms with Crippen LogP contribution in [0.15, 0.2) is 24.3 Å². The van der Waals surface area contributed by atoms with Crippen LogP contribution in [0.25, 0.3) is 0 Å². The molecule has 0 aliphatic carbocycles. The predicted molar refractivity (Wildman–Crippen MR) is 59.0 cm³/mol. The molecule has 1 aliphatic heterocycles. The number of β-amino-alcohol motifs (C(OH)–C–C–N with tert-alkyl or cyclic N) is 1. The van der Waals surface area contributed by atoms with Crippen molar-refractivity contribution in [1.29, 1.82) is 0 Å². The first-order valence-corrected chi connectivity index (χ1v) is 5.44. The Morgan fingerprint density at radius 2 is 2.27 bits per heavy atom. The van der Waals surface area contributed by atoms with Gasteiger partial charge in [-0.1, -0.05) is 25.1 Å². The number of hydrogen-bond acceptors (Lipinski definition) is 3. The second-order valence-electron chi connectivity index (χ2n) is 3.87.